The predicted molar refractivity (Wildman–Crippen MR) is 306 cm³/mol. The van der Waals surface area contributed by atoms with Crippen LogP contribution in [0.4, 0.5) is 0 Å². The molecule has 11 rings (SSSR count). The van der Waals surface area contributed by atoms with Crippen LogP contribution in [0.15, 0.2) is 170 Å². The monoisotopic (exact) mass is 912 g/mol. The van der Waals surface area contributed by atoms with Gasteiger partial charge in [-0.15, -0.1) is 11.3 Å². The molecule has 0 nitrogen and oxygen atoms in total. The maximum Gasteiger partial charge on any atom is 0.0434 e. The van der Waals surface area contributed by atoms with Gasteiger partial charge in [-0.25, -0.2) is 0 Å². The van der Waals surface area contributed by atoms with Crippen LogP contribution in [0.25, 0.3) is 108 Å². The van der Waals surface area contributed by atoms with Crippen LogP contribution < -0.4 is 0 Å². The van der Waals surface area contributed by atoms with Gasteiger partial charge in [0.2, 0.25) is 0 Å². The Balaban J connectivity index is 1.14. The average molecular weight is 913 g/mol. The molecule has 0 radical (unpaired) electrons. The molecule has 0 spiro atoms. The summed E-state index contributed by atoms with van der Waals surface area (Å²) >= 11 is 1.94. The minimum atomic E-state index is 0.0109. The minimum absolute atomic E-state index is 0.0109. The number of hydrogen-bond donors (Lipinski definition) is 0. The first kappa shape index (κ1) is 44.9. The lowest BCUT2D eigenvalue weighted by atomic mass is 9.77. The smallest absolute Gasteiger partial charge is 0.0434 e. The average Bonchev–Trinajstić information content (AvgIpc) is 3.69. The lowest BCUT2D eigenvalue weighted by Gasteiger charge is -2.27. The lowest BCUT2D eigenvalue weighted by molar-refractivity contribution is 0.568. The fraction of sp³-hybridized carbons (Fsp3) is 0.235. The van der Waals surface area contributed by atoms with E-state index in [4.69, 9.17) is 0 Å². The van der Waals surface area contributed by atoms with E-state index < -0.39 is 0 Å². The minimum Gasteiger partial charge on any atom is -0.135 e. The number of thiophene rings is 1. The summed E-state index contributed by atoms with van der Waals surface area (Å²) < 4.78 is 2.63. The normalized spacial score (nSPS) is 12.9. The summed E-state index contributed by atoms with van der Waals surface area (Å²) in [5, 5.41) is 12.9. The van der Waals surface area contributed by atoms with E-state index in [1.165, 1.54) is 130 Å². The maximum atomic E-state index is 2.48. The molecule has 0 unspecified atom stereocenters. The highest BCUT2D eigenvalue weighted by Gasteiger charge is 2.27. The Bertz CT molecular complexity index is 3680. The van der Waals surface area contributed by atoms with Crippen molar-refractivity contribution in [1.82, 2.24) is 0 Å². The molecule has 0 N–H and O–H groups in total. The number of fused-ring (bicyclic) bond motifs is 7. The van der Waals surface area contributed by atoms with Crippen molar-refractivity contribution in [3.63, 3.8) is 0 Å². The van der Waals surface area contributed by atoms with Gasteiger partial charge in [0.15, 0.2) is 0 Å². The van der Waals surface area contributed by atoms with Gasteiger partial charge < -0.3 is 0 Å². The first-order valence-corrected chi connectivity index (χ1v) is 25.7. The SMILES string of the molecule is CC(C)(C)c1cc(-c2c3ccccc3c(-c3ccc4c(c3)sc3c(-c5c6ccccc6c(-c6cc(C(C)(C)C)cc(C(C)(C)C)c6)c6ccccc56)cccc34)c3ccccc23)cc(C(C)(C)C)c1. The molecule has 0 amide bonds. The van der Waals surface area contributed by atoms with Crippen molar-refractivity contribution in [1.29, 1.82) is 0 Å². The van der Waals surface area contributed by atoms with E-state index in [1.54, 1.807) is 0 Å². The van der Waals surface area contributed by atoms with Crippen molar-refractivity contribution in [2.24, 2.45) is 0 Å². The van der Waals surface area contributed by atoms with Gasteiger partial charge in [0.25, 0.3) is 0 Å². The van der Waals surface area contributed by atoms with E-state index in [1.807, 2.05) is 11.3 Å². The Labute approximate surface area is 413 Å². The van der Waals surface area contributed by atoms with E-state index in [0.29, 0.717) is 0 Å². The Morgan fingerprint density at radius 3 is 0.928 bits per heavy atom. The van der Waals surface area contributed by atoms with Crippen LogP contribution >= 0.6 is 11.3 Å². The van der Waals surface area contributed by atoms with Crippen molar-refractivity contribution in [2.45, 2.75) is 105 Å². The quantitative estimate of drug-likeness (QED) is 0.154. The highest BCUT2D eigenvalue weighted by atomic mass is 32.1. The molecule has 0 bridgehead atoms. The Morgan fingerprint density at radius 1 is 0.261 bits per heavy atom. The lowest BCUT2D eigenvalue weighted by Crippen LogP contribution is -2.16. The van der Waals surface area contributed by atoms with Crippen LogP contribution in [0.3, 0.4) is 0 Å². The number of rotatable bonds is 4. The van der Waals surface area contributed by atoms with Gasteiger partial charge in [-0.05, 0) is 132 Å². The van der Waals surface area contributed by atoms with E-state index in [-0.39, 0.29) is 21.7 Å². The molecule has 10 aromatic carbocycles. The Kier molecular flexibility index (Phi) is 10.4. The van der Waals surface area contributed by atoms with Crippen LogP contribution in [0.1, 0.15) is 105 Å². The van der Waals surface area contributed by atoms with Crippen LogP contribution in [0.5, 0.6) is 0 Å². The van der Waals surface area contributed by atoms with Gasteiger partial charge >= 0.3 is 0 Å². The van der Waals surface area contributed by atoms with Gasteiger partial charge in [-0.1, -0.05) is 247 Å². The topological polar surface area (TPSA) is 0 Å². The van der Waals surface area contributed by atoms with Gasteiger partial charge in [-0.3, -0.25) is 0 Å². The van der Waals surface area contributed by atoms with Crippen molar-refractivity contribution in [3.8, 4) is 44.5 Å². The van der Waals surface area contributed by atoms with E-state index in [2.05, 4.69) is 253 Å². The summed E-state index contributed by atoms with van der Waals surface area (Å²) in [6, 6.07) is 65.4. The standard InChI is InChI=1S/C68H64S/c1-65(2,3)44-34-42(35-45(39-44)66(4,5)6)61-51-24-15-13-22-49(51)60(50-23-14-16-25-52(50)61)41-32-33-48-57-30-21-31-58(64(57)69-59(48)38-41)63-55-28-19-17-26-53(55)62(54-27-18-20-29-56(54)63)43-36-46(67(7,8)9)40-47(37-43)68(10,11)12/h13-40H,1-12H3. The van der Waals surface area contributed by atoms with E-state index in [0.717, 1.165) is 0 Å². The first-order valence-electron chi connectivity index (χ1n) is 24.9. The van der Waals surface area contributed by atoms with E-state index >= 15 is 0 Å². The molecule has 69 heavy (non-hydrogen) atoms. The molecule has 1 heterocycles. The zero-order valence-corrected chi connectivity index (χ0v) is 43.4. The summed E-state index contributed by atoms with van der Waals surface area (Å²) in [6.07, 6.45) is 0. The van der Waals surface area contributed by atoms with Crippen LogP contribution in [-0.2, 0) is 21.7 Å². The van der Waals surface area contributed by atoms with Crippen molar-refractivity contribution in [2.75, 3.05) is 0 Å². The third-order valence-electron chi connectivity index (χ3n) is 14.8. The zero-order valence-electron chi connectivity index (χ0n) is 42.6. The highest BCUT2D eigenvalue weighted by molar-refractivity contribution is 7.26. The molecular formula is C68H64S. The molecule has 342 valence electrons. The number of hydrogen-bond acceptors (Lipinski definition) is 1. The summed E-state index contributed by atoms with van der Waals surface area (Å²) in [5.74, 6) is 0. The summed E-state index contributed by atoms with van der Waals surface area (Å²) in [4.78, 5) is 0. The predicted octanol–water partition coefficient (Wildman–Crippen LogP) is 20.5. The summed E-state index contributed by atoms with van der Waals surface area (Å²) in [7, 11) is 0. The fourth-order valence-electron chi connectivity index (χ4n) is 10.9. The molecule has 0 aliphatic heterocycles. The van der Waals surface area contributed by atoms with Gasteiger partial charge in [-0.2, -0.15) is 0 Å². The molecule has 1 aromatic heterocycles. The molecular weight excluding hydrogens is 849 g/mol. The molecule has 11 aromatic rings. The largest absolute Gasteiger partial charge is 0.135 e. The van der Waals surface area contributed by atoms with Crippen molar-refractivity contribution < 1.29 is 0 Å². The molecule has 0 saturated carbocycles. The second-order valence-corrected chi connectivity index (χ2v) is 24.8. The third kappa shape index (κ3) is 7.66. The Morgan fingerprint density at radius 2 is 0.580 bits per heavy atom. The molecule has 0 atom stereocenters. The number of benzene rings is 10. The van der Waals surface area contributed by atoms with Gasteiger partial charge in [0, 0.05) is 25.7 Å². The summed E-state index contributed by atoms with van der Waals surface area (Å²) in [5.41, 5.74) is 15.9. The molecule has 0 aliphatic carbocycles. The zero-order chi connectivity index (χ0) is 48.4. The second kappa shape index (κ2) is 16.0. The van der Waals surface area contributed by atoms with Crippen molar-refractivity contribution >= 4 is 74.6 Å². The second-order valence-electron chi connectivity index (χ2n) is 23.8. The van der Waals surface area contributed by atoms with Crippen molar-refractivity contribution in [3.05, 3.63) is 192 Å². The Hall–Kier alpha value is -6.54. The fourth-order valence-corrected chi connectivity index (χ4v) is 12.2. The highest BCUT2D eigenvalue weighted by Crippen LogP contribution is 2.51. The van der Waals surface area contributed by atoms with E-state index in [9.17, 15) is 0 Å². The molecule has 0 saturated heterocycles. The van der Waals surface area contributed by atoms with Gasteiger partial charge in [0.1, 0.15) is 0 Å². The molecule has 0 fully saturated rings. The van der Waals surface area contributed by atoms with Crippen LogP contribution in [0, 0.1) is 0 Å². The summed E-state index contributed by atoms with van der Waals surface area (Å²) in [6.45, 7) is 28.0. The van der Waals surface area contributed by atoms with Crippen LogP contribution in [-0.4, -0.2) is 0 Å². The molecule has 0 aliphatic rings. The van der Waals surface area contributed by atoms with Crippen LogP contribution in [0.2, 0.25) is 0 Å². The van der Waals surface area contributed by atoms with Gasteiger partial charge in [0.05, 0.1) is 0 Å². The molecule has 1 heteroatoms. The maximum absolute atomic E-state index is 2.48. The first-order chi connectivity index (χ1) is 32.8. The third-order valence-corrected chi connectivity index (χ3v) is 16.0.